The highest BCUT2D eigenvalue weighted by Crippen LogP contribution is 2.28. The minimum Gasteiger partial charge on any atom is -0.497 e. The molecule has 1 aromatic heterocycles. The van der Waals surface area contributed by atoms with Crippen LogP contribution in [-0.2, 0) is 0 Å². The van der Waals surface area contributed by atoms with Crippen molar-refractivity contribution in [2.24, 2.45) is 0 Å². The molecule has 0 spiro atoms. The highest BCUT2D eigenvalue weighted by Gasteiger charge is 2.16. The van der Waals surface area contributed by atoms with Gasteiger partial charge in [0.1, 0.15) is 11.3 Å². The fraction of sp³-hybridized carbons (Fsp3) is 0.136. The maximum Gasteiger partial charge on any atom is 0.287 e. The van der Waals surface area contributed by atoms with Crippen molar-refractivity contribution in [1.29, 1.82) is 0 Å². The average molecular weight is 345 g/mol. The molecule has 4 aromatic rings. The van der Waals surface area contributed by atoms with Crippen molar-refractivity contribution in [3.8, 4) is 5.75 Å². The summed E-state index contributed by atoms with van der Waals surface area (Å²) in [6, 6.07) is 21.3. The van der Waals surface area contributed by atoms with Gasteiger partial charge in [-0.15, -0.1) is 0 Å². The van der Waals surface area contributed by atoms with Crippen molar-refractivity contribution in [3.05, 3.63) is 78.1 Å². The molecule has 1 atom stereocenters. The highest BCUT2D eigenvalue weighted by molar-refractivity contribution is 6.08. The third-order valence-electron chi connectivity index (χ3n) is 4.61. The second-order valence-electron chi connectivity index (χ2n) is 6.28. The molecule has 0 fully saturated rings. The molecule has 0 aliphatic heterocycles. The Morgan fingerprint density at radius 3 is 2.54 bits per heavy atom. The van der Waals surface area contributed by atoms with E-state index in [2.05, 4.69) is 5.32 Å². The monoisotopic (exact) mass is 345 g/mol. The second kappa shape index (κ2) is 6.56. The van der Waals surface area contributed by atoms with E-state index in [1.165, 1.54) is 0 Å². The molecule has 0 aliphatic carbocycles. The van der Waals surface area contributed by atoms with Crippen LogP contribution < -0.4 is 10.1 Å². The molecule has 1 heterocycles. The number of carbonyl (C=O) groups excluding carboxylic acids is 1. The number of methoxy groups -OCH3 is 1. The summed E-state index contributed by atoms with van der Waals surface area (Å²) in [5.41, 5.74) is 1.71. The van der Waals surface area contributed by atoms with Crippen LogP contribution in [0, 0.1) is 0 Å². The first-order valence-corrected chi connectivity index (χ1v) is 8.52. The van der Waals surface area contributed by atoms with Crippen LogP contribution in [0.4, 0.5) is 0 Å². The number of amides is 1. The van der Waals surface area contributed by atoms with Gasteiger partial charge in [0.05, 0.1) is 13.2 Å². The standard InChI is InChI=1S/C22H19NO3/c1-14(15-7-10-17(25-2)11-8-15)23-22(24)21-13-19-18-6-4-3-5-16(18)9-12-20(19)26-21/h3-14H,1-2H3,(H,23,24)/t14-/m0/s1. The first-order valence-electron chi connectivity index (χ1n) is 8.52. The molecule has 1 N–H and O–H groups in total. The number of benzene rings is 3. The summed E-state index contributed by atoms with van der Waals surface area (Å²) in [4.78, 5) is 12.6. The Bertz CT molecular complexity index is 1080. The van der Waals surface area contributed by atoms with E-state index in [-0.39, 0.29) is 11.9 Å². The number of hydrogen-bond acceptors (Lipinski definition) is 3. The molecule has 4 heteroatoms. The minimum absolute atomic E-state index is 0.140. The second-order valence-corrected chi connectivity index (χ2v) is 6.28. The molecule has 0 unspecified atom stereocenters. The Morgan fingerprint density at radius 1 is 1.00 bits per heavy atom. The number of ether oxygens (including phenoxy) is 1. The zero-order chi connectivity index (χ0) is 18.1. The summed E-state index contributed by atoms with van der Waals surface area (Å²) in [6.45, 7) is 1.94. The van der Waals surface area contributed by atoms with E-state index >= 15 is 0 Å². The molecule has 26 heavy (non-hydrogen) atoms. The Kier molecular flexibility index (Phi) is 4.09. The molecule has 0 aliphatic rings. The Morgan fingerprint density at radius 2 is 1.77 bits per heavy atom. The van der Waals surface area contributed by atoms with E-state index in [1.54, 1.807) is 7.11 Å². The topological polar surface area (TPSA) is 51.5 Å². The number of furan rings is 1. The lowest BCUT2D eigenvalue weighted by Crippen LogP contribution is -2.26. The van der Waals surface area contributed by atoms with Gasteiger partial charge in [-0.25, -0.2) is 0 Å². The smallest absolute Gasteiger partial charge is 0.287 e. The summed E-state index contributed by atoms with van der Waals surface area (Å²) >= 11 is 0. The van der Waals surface area contributed by atoms with Gasteiger partial charge in [0.2, 0.25) is 0 Å². The number of rotatable bonds is 4. The third kappa shape index (κ3) is 2.90. The van der Waals surface area contributed by atoms with Gasteiger partial charge in [-0.3, -0.25) is 4.79 Å². The van der Waals surface area contributed by atoms with Crippen LogP contribution in [0.25, 0.3) is 21.7 Å². The molecular formula is C22H19NO3. The summed E-state index contributed by atoms with van der Waals surface area (Å²) in [7, 11) is 1.63. The number of fused-ring (bicyclic) bond motifs is 3. The van der Waals surface area contributed by atoms with Gasteiger partial charge in [-0.05, 0) is 47.5 Å². The lowest BCUT2D eigenvalue weighted by molar-refractivity contribution is 0.0914. The van der Waals surface area contributed by atoms with Gasteiger partial charge >= 0.3 is 0 Å². The molecule has 130 valence electrons. The molecule has 0 bridgehead atoms. The van der Waals surface area contributed by atoms with Gasteiger partial charge in [0.15, 0.2) is 5.76 Å². The summed E-state index contributed by atoms with van der Waals surface area (Å²) in [5.74, 6) is 0.877. The summed E-state index contributed by atoms with van der Waals surface area (Å²) in [5, 5.41) is 6.14. The van der Waals surface area contributed by atoms with Gasteiger partial charge < -0.3 is 14.5 Å². The van der Waals surface area contributed by atoms with Gasteiger partial charge in [-0.2, -0.15) is 0 Å². The van der Waals surface area contributed by atoms with Crippen molar-refractivity contribution in [3.63, 3.8) is 0 Å². The maximum absolute atomic E-state index is 12.6. The SMILES string of the molecule is COc1ccc([C@H](C)NC(=O)c2cc3c(ccc4ccccc43)o2)cc1. The Hall–Kier alpha value is -3.27. The minimum atomic E-state index is -0.228. The first kappa shape index (κ1) is 16.2. The fourth-order valence-corrected chi connectivity index (χ4v) is 3.15. The van der Waals surface area contributed by atoms with Crippen molar-refractivity contribution in [2.75, 3.05) is 7.11 Å². The molecule has 0 saturated heterocycles. The van der Waals surface area contributed by atoms with E-state index in [0.717, 1.165) is 27.5 Å². The zero-order valence-electron chi connectivity index (χ0n) is 14.7. The Labute approximate surface area is 151 Å². The largest absolute Gasteiger partial charge is 0.497 e. The van der Waals surface area contributed by atoms with E-state index in [1.807, 2.05) is 73.7 Å². The van der Waals surface area contributed by atoms with Crippen LogP contribution in [0.15, 0.2) is 71.1 Å². The van der Waals surface area contributed by atoms with Crippen molar-refractivity contribution in [1.82, 2.24) is 5.32 Å². The number of nitrogens with one attached hydrogen (secondary N) is 1. The number of carbonyl (C=O) groups is 1. The third-order valence-corrected chi connectivity index (χ3v) is 4.61. The molecule has 3 aromatic carbocycles. The van der Waals surface area contributed by atoms with Crippen molar-refractivity contribution < 1.29 is 13.9 Å². The molecular weight excluding hydrogens is 326 g/mol. The predicted molar refractivity (Wildman–Crippen MR) is 103 cm³/mol. The quantitative estimate of drug-likeness (QED) is 0.561. The van der Waals surface area contributed by atoms with E-state index < -0.39 is 0 Å². The lowest BCUT2D eigenvalue weighted by atomic mass is 10.1. The van der Waals surface area contributed by atoms with Crippen LogP contribution in [0.3, 0.4) is 0 Å². The highest BCUT2D eigenvalue weighted by atomic mass is 16.5. The van der Waals surface area contributed by atoms with Crippen molar-refractivity contribution >= 4 is 27.6 Å². The molecule has 4 nitrogen and oxygen atoms in total. The first-order chi connectivity index (χ1) is 12.7. The average Bonchev–Trinajstić information content (AvgIpc) is 3.13. The molecule has 0 saturated carbocycles. The van der Waals surface area contributed by atoms with Gasteiger partial charge in [0, 0.05) is 5.39 Å². The predicted octanol–water partition coefficient (Wildman–Crippen LogP) is 5.09. The van der Waals surface area contributed by atoms with Crippen LogP contribution in [0.2, 0.25) is 0 Å². The normalized spacial score (nSPS) is 12.2. The van der Waals surface area contributed by atoms with Crippen molar-refractivity contribution in [2.45, 2.75) is 13.0 Å². The van der Waals surface area contributed by atoms with E-state index in [4.69, 9.17) is 9.15 Å². The van der Waals surface area contributed by atoms with Gasteiger partial charge in [-0.1, -0.05) is 42.5 Å². The van der Waals surface area contributed by atoms with Crippen LogP contribution in [0.1, 0.15) is 29.1 Å². The van der Waals surface area contributed by atoms with Gasteiger partial charge in [0.25, 0.3) is 5.91 Å². The fourth-order valence-electron chi connectivity index (χ4n) is 3.15. The van der Waals surface area contributed by atoms with Crippen LogP contribution in [0.5, 0.6) is 5.75 Å². The van der Waals surface area contributed by atoms with E-state index in [9.17, 15) is 4.79 Å². The Balaban J connectivity index is 1.60. The number of hydrogen-bond donors (Lipinski definition) is 1. The maximum atomic E-state index is 12.6. The van der Waals surface area contributed by atoms with E-state index in [0.29, 0.717) is 11.3 Å². The molecule has 4 rings (SSSR count). The zero-order valence-corrected chi connectivity index (χ0v) is 14.7. The van der Waals surface area contributed by atoms with Crippen LogP contribution in [-0.4, -0.2) is 13.0 Å². The lowest BCUT2D eigenvalue weighted by Gasteiger charge is -2.13. The summed E-state index contributed by atoms with van der Waals surface area (Å²) in [6.07, 6.45) is 0. The molecule has 0 radical (unpaired) electrons. The molecule has 1 amide bonds. The summed E-state index contributed by atoms with van der Waals surface area (Å²) < 4.78 is 10.9. The van der Waals surface area contributed by atoms with Crippen LogP contribution >= 0.6 is 0 Å².